The molecule has 0 radical (unpaired) electrons. The van der Waals surface area contributed by atoms with Crippen LogP contribution in [0.3, 0.4) is 0 Å². The maximum Gasteiger partial charge on any atom is 0.185 e. The van der Waals surface area contributed by atoms with Crippen molar-refractivity contribution in [3.8, 4) is 0 Å². The second-order valence-electron chi connectivity index (χ2n) is 10.4. The summed E-state index contributed by atoms with van der Waals surface area (Å²) in [6.07, 6.45) is -0.880. The van der Waals surface area contributed by atoms with E-state index < -0.39 is 6.29 Å². The zero-order chi connectivity index (χ0) is 28.7. The van der Waals surface area contributed by atoms with E-state index in [0.717, 1.165) is 29.8 Å². The monoisotopic (exact) mass is 574 g/mol. The van der Waals surface area contributed by atoms with Crippen LogP contribution in [0.1, 0.15) is 36.0 Å². The van der Waals surface area contributed by atoms with E-state index in [-0.39, 0.29) is 24.7 Å². The first kappa shape index (κ1) is 31.8. The Labute approximate surface area is 243 Å². The highest BCUT2D eigenvalue weighted by molar-refractivity contribution is 5.41. The average Bonchev–Trinajstić information content (AvgIpc) is 2.99. The van der Waals surface area contributed by atoms with Gasteiger partial charge in [-0.3, -0.25) is 4.90 Å². The van der Waals surface area contributed by atoms with Crippen LogP contribution in [0.25, 0.3) is 0 Å². The molecule has 10 nitrogen and oxygen atoms in total. The van der Waals surface area contributed by atoms with Gasteiger partial charge in [-0.1, -0.05) is 43.3 Å². The summed E-state index contributed by atoms with van der Waals surface area (Å²) < 4.78 is 41.6. The van der Waals surface area contributed by atoms with E-state index in [1.165, 1.54) is 0 Å². The molecule has 2 aliphatic heterocycles. The van der Waals surface area contributed by atoms with Gasteiger partial charge in [0.15, 0.2) is 6.29 Å². The molecule has 41 heavy (non-hydrogen) atoms. The van der Waals surface area contributed by atoms with Crippen LogP contribution in [0.4, 0.5) is 5.69 Å². The van der Waals surface area contributed by atoms with E-state index in [9.17, 15) is 5.11 Å². The zero-order valence-corrected chi connectivity index (χ0v) is 24.2. The highest BCUT2D eigenvalue weighted by atomic mass is 16.7. The number of hydrogen-bond donors (Lipinski definition) is 2. The summed E-state index contributed by atoms with van der Waals surface area (Å²) in [6, 6.07) is 15.6. The third-order valence-electron chi connectivity index (χ3n) is 7.34. The predicted octanol–water partition coefficient (Wildman–Crippen LogP) is 2.95. The Kier molecular flexibility index (Phi) is 13.8. The van der Waals surface area contributed by atoms with Gasteiger partial charge in [-0.2, -0.15) is 0 Å². The van der Waals surface area contributed by atoms with Crippen LogP contribution in [0, 0.1) is 5.92 Å². The van der Waals surface area contributed by atoms with Crippen molar-refractivity contribution in [2.24, 2.45) is 5.92 Å². The SMILES string of the molecule is CC1C(CN2CCOCCOCCOCCOCCOCC2)OC(c2cccc(N)c2)OC1c1ccc(CO)cc1. The van der Waals surface area contributed by atoms with Gasteiger partial charge < -0.3 is 44.0 Å². The maximum atomic E-state index is 9.52. The lowest BCUT2D eigenvalue weighted by atomic mass is 9.90. The molecule has 2 aromatic carbocycles. The second-order valence-corrected chi connectivity index (χ2v) is 10.4. The minimum atomic E-state index is -0.562. The minimum absolute atomic E-state index is 0.00474. The predicted molar refractivity (Wildman–Crippen MR) is 154 cm³/mol. The van der Waals surface area contributed by atoms with Gasteiger partial charge in [0.2, 0.25) is 0 Å². The summed E-state index contributed by atoms with van der Waals surface area (Å²) in [5.74, 6) is 0.0613. The van der Waals surface area contributed by atoms with Gasteiger partial charge in [0.1, 0.15) is 0 Å². The number of aliphatic hydroxyl groups excluding tert-OH is 1. The van der Waals surface area contributed by atoms with Gasteiger partial charge in [-0.25, -0.2) is 0 Å². The molecule has 2 aliphatic rings. The van der Waals surface area contributed by atoms with E-state index in [0.29, 0.717) is 78.3 Å². The van der Waals surface area contributed by atoms with Crippen LogP contribution in [0.2, 0.25) is 0 Å². The number of anilines is 1. The largest absolute Gasteiger partial charge is 0.399 e. The van der Waals surface area contributed by atoms with Crippen molar-refractivity contribution < 1.29 is 38.3 Å². The fraction of sp³-hybridized carbons (Fsp3) is 0.613. The average molecular weight is 575 g/mol. The van der Waals surface area contributed by atoms with Crippen molar-refractivity contribution in [3.63, 3.8) is 0 Å². The summed E-state index contributed by atoms with van der Waals surface area (Å²) in [7, 11) is 0. The first-order valence-electron chi connectivity index (χ1n) is 14.6. The molecular weight excluding hydrogens is 528 g/mol. The molecular formula is C31H46N2O8. The van der Waals surface area contributed by atoms with E-state index in [2.05, 4.69) is 11.8 Å². The van der Waals surface area contributed by atoms with Crippen molar-refractivity contribution in [1.82, 2.24) is 4.90 Å². The van der Waals surface area contributed by atoms with Gasteiger partial charge in [0.25, 0.3) is 0 Å². The third-order valence-corrected chi connectivity index (χ3v) is 7.34. The fourth-order valence-corrected chi connectivity index (χ4v) is 4.95. The Morgan fingerprint density at radius 2 is 1.29 bits per heavy atom. The summed E-state index contributed by atoms with van der Waals surface area (Å²) in [5.41, 5.74) is 9.56. The molecule has 0 aromatic heterocycles. The zero-order valence-electron chi connectivity index (χ0n) is 24.2. The first-order chi connectivity index (χ1) is 20.1. The van der Waals surface area contributed by atoms with Crippen molar-refractivity contribution in [2.45, 2.75) is 32.0 Å². The number of aliphatic hydroxyl groups is 1. The van der Waals surface area contributed by atoms with Crippen LogP contribution in [-0.2, 0) is 39.8 Å². The van der Waals surface area contributed by atoms with Gasteiger partial charge >= 0.3 is 0 Å². The molecule has 0 saturated carbocycles. The summed E-state index contributed by atoms with van der Waals surface area (Å²) in [6.45, 7) is 9.74. The smallest absolute Gasteiger partial charge is 0.185 e. The Morgan fingerprint density at radius 1 is 0.732 bits per heavy atom. The van der Waals surface area contributed by atoms with E-state index in [1.807, 2.05) is 48.5 Å². The van der Waals surface area contributed by atoms with Crippen molar-refractivity contribution >= 4 is 5.69 Å². The summed E-state index contributed by atoms with van der Waals surface area (Å²) in [5, 5.41) is 9.52. The van der Waals surface area contributed by atoms with E-state index >= 15 is 0 Å². The highest BCUT2D eigenvalue weighted by Gasteiger charge is 2.39. The fourth-order valence-electron chi connectivity index (χ4n) is 4.95. The summed E-state index contributed by atoms with van der Waals surface area (Å²) >= 11 is 0. The molecule has 0 bridgehead atoms. The molecule has 4 rings (SSSR count). The molecule has 10 heteroatoms. The maximum absolute atomic E-state index is 9.52. The molecule has 2 saturated heterocycles. The lowest BCUT2D eigenvalue weighted by Crippen LogP contribution is -2.46. The molecule has 228 valence electrons. The van der Waals surface area contributed by atoms with Crippen molar-refractivity contribution in [3.05, 3.63) is 65.2 Å². The Hall–Kier alpha value is -2.12. The number of nitrogens with zero attached hydrogens (tertiary/aromatic N) is 1. The van der Waals surface area contributed by atoms with Crippen molar-refractivity contribution in [2.75, 3.05) is 91.4 Å². The van der Waals surface area contributed by atoms with E-state index in [4.69, 9.17) is 38.9 Å². The Balaban J connectivity index is 1.45. The second kappa shape index (κ2) is 17.7. The van der Waals surface area contributed by atoms with Crippen LogP contribution in [0.5, 0.6) is 0 Å². The van der Waals surface area contributed by atoms with Crippen LogP contribution < -0.4 is 5.73 Å². The van der Waals surface area contributed by atoms with Gasteiger partial charge in [-0.05, 0) is 23.3 Å². The number of ether oxygens (including phenoxy) is 7. The lowest BCUT2D eigenvalue weighted by molar-refractivity contribution is -0.276. The molecule has 2 heterocycles. The molecule has 0 aliphatic carbocycles. The highest BCUT2D eigenvalue weighted by Crippen LogP contribution is 2.42. The number of nitrogens with two attached hydrogens (primary N) is 1. The molecule has 3 N–H and O–H groups in total. The summed E-state index contributed by atoms with van der Waals surface area (Å²) in [4.78, 5) is 2.33. The van der Waals surface area contributed by atoms with Crippen LogP contribution >= 0.6 is 0 Å². The standard InChI is InChI=1S/C31H46N2O8/c1-24-29(22-33-9-11-35-13-15-37-17-19-39-20-18-38-16-14-36-12-10-33)40-31(27-3-2-4-28(32)21-27)41-30(24)26-7-5-25(23-34)6-8-26/h2-8,21,24,29-31,34H,9-20,22-23,32H2,1H3. The van der Waals surface area contributed by atoms with Gasteiger partial charge in [0.05, 0.1) is 84.9 Å². The number of benzene rings is 2. The Morgan fingerprint density at radius 3 is 1.83 bits per heavy atom. The lowest BCUT2D eigenvalue weighted by Gasteiger charge is -2.43. The first-order valence-corrected chi connectivity index (χ1v) is 14.6. The normalized spacial score (nSPS) is 27.1. The van der Waals surface area contributed by atoms with Crippen molar-refractivity contribution in [1.29, 1.82) is 0 Å². The molecule has 2 fully saturated rings. The molecule has 2 aromatic rings. The van der Waals surface area contributed by atoms with Crippen LogP contribution in [-0.4, -0.2) is 102 Å². The van der Waals surface area contributed by atoms with Gasteiger partial charge in [-0.15, -0.1) is 0 Å². The Bertz CT molecular complexity index is 976. The quantitative estimate of drug-likeness (QED) is 0.517. The molecule has 4 atom stereocenters. The minimum Gasteiger partial charge on any atom is -0.399 e. The number of rotatable bonds is 5. The number of hydrogen-bond acceptors (Lipinski definition) is 10. The molecule has 0 amide bonds. The molecule has 4 unspecified atom stereocenters. The number of nitrogen functional groups attached to an aromatic ring is 1. The van der Waals surface area contributed by atoms with E-state index in [1.54, 1.807) is 0 Å². The molecule has 0 spiro atoms. The third kappa shape index (κ3) is 10.6. The topological polar surface area (TPSA) is 114 Å². The van der Waals surface area contributed by atoms with Gasteiger partial charge in [0, 0.05) is 36.8 Å². The van der Waals surface area contributed by atoms with Crippen LogP contribution in [0.15, 0.2) is 48.5 Å².